The summed E-state index contributed by atoms with van der Waals surface area (Å²) in [7, 11) is 0. The van der Waals surface area contributed by atoms with Crippen LogP contribution in [0.5, 0.6) is 0 Å². The summed E-state index contributed by atoms with van der Waals surface area (Å²) in [5.41, 5.74) is 2.06. The van der Waals surface area contributed by atoms with Gasteiger partial charge in [-0.15, -0.1) is 0 Å². The highest BCUT2D eigenvalue weighted by Gasteiger charge is 2.02. The van der Waals surface area contributed by atoms with E-state index in [1.807, 2.05) is 36.7 Å². The highest BCUT2D eigenvalue weighted by Crippen LogP contribution is 2.16. The molecule has 0 bridgehead atoms. The van der Waals surface area contributed by atoms with E-state index in [4.69, 9.17) is 0 Å². The van der Waals surface area contributed by atoms with E-state index in [-0.39, 0.29) is 5.48 Å². The van der Waals surface area contributed by atoms with Crippen LogP contribution in [0.15, 0.2) is 55.1 Å². The number of aromatic nitrogens is 3. The molecule has 4 nitrogen and oxygen atoms in total. The smallest absolute Gasteiger partial charge is 0.147 e. The molecule has 0 saturated carbocycles. The largest absolute Gasteiger partial charge is 0.412 e. The maximum Gasteiger partial charge on any atom is 0.147 e. The van der Waals surface area contributed by atoms with Gasteiger partial charge < -0.3 is 10.0 Å². The lowest BCUT2D eigenvalue weighted by molar-refractivity contribution is 0.824. The molecule has 0 atom stereocenters. The van der Waals surface area contributed by atoms with E-state index < -0.39 is 0 Å². The van der Waals surface area contributed by atoms with Crippen molar-refractivity contribution in [2.75, 3.05) is 0 Å². The summed E-state index contributed by atoms with van der Waals surface area (Å²) in [6, 6.07) is 12.2. The highest BCUT2D eigenvalue weighted by atomic mass is 16.0. The molecule has 2 N–H and O–H groups in total. The Balaban J connectivity index is 0.000000963. The van der Waals surface area contributed by atoms with Crippen molar-refractivity contribution in [3.8, 4) is 5.69 Å². The standard InChI is InChI=1S/C12H9N3.H2O/c1-2-4-11(5-3-1)15-7-6-10-8-13-9-14-12(10)15;/h1-9H;1H2. The molecule has 0 saturated heterocycles. The van der Waals surface area contributed by atoms with E-state index >= 15 is 0 Å². The molecule has 0 amide bonds. The second-order valence-electron chi connectivity index (χ2n) is 3.32. The van der Waals surface area contributed by atoms with Gasteiger partial charge in [-0.1, -0.05) is 18.2 Å². The van der Waals surface area contributed by atoms with Crippen molar-refractivity contribution in [2.45, 2.75) is 0 Å². The maximum atomic E-state index is 4.27. The van der Waals surface area contributed by atoms with Gasteiger partial charge in [0.1, 0.15) is 12.0 Å². The Kier molecular flexibility index (Phi) is 2.66. The van der Waals surface area contributed by atoms with Gasteiger partial charge in [0.15, 0.2) is 0 Å². The third-order valence-electron chi connectivity index (χ3n) is 2.38. The lowest BCUT2D eigenvalue weighted by atomic mass is 10.3. The summed E-state index contributed by atoms with van der Waals surface area (Å²) in [6.45, 7) is 0. The lowest BCUT2D eigenvalue weighted by Crippen LogP contribution is -1.92. The normalized spacial score (nSPS) is 10.0. The molecule has 0 aliphatic heterocycles. The minimum Gasteiger partial charge on any atom is -0.412 e. The lowest BCUT2D eigenvalue weighted by Gasteiger charge is -2.02. The summed E-state index contributed by atoms with van der Waals surface area (Å²) < 4.78 is 2.05. The van der Waals surface area contributed by atoms with Crippen molar-refractivity contribution in [1.29, 1.82) is 0 Å². The third-order valence-corrected chi connectivity index (χ3v) is 2.38. The maximum absolute atomic E-state index is 4.27. The average Bonchev–Trinajstić information content (AvgIpc) is 2.74. The van der Waals surface area contributed by atoms with Crippen molar-refractivity contribution < 1.29 is 5.48 Å². The van der Waals surface area contributed by atoms with Gasteiger partial charge in [0.05, 0.1) is 0 Å². The van der Waals surface area contributed by atoms with Crippen LogP contribution in [0.3, 0.4) is 0 Å². The Hall–Kier alpha value is -2.20. The molecular formula is C12H11N3O. The Morgan fingerprint density at radius 3 is 2.62 bits per heavy atom. The molecular weight excluding hydrogens is 202 g/mol. The summed E-state index contributed by atoms with van der Waals surface area (Å²) >= 11 is 0. The van der Waals surface area contributed by atoms with Gasteiger partial charge in [-0.3, -0.25) is 0 Å². The van der Waals surface area contributed by atoms with Crippen LogP contribution >= 0.6 is 0 Å². The molecule has 0 fully saturated rings. The summed E-state index contributed by atoms with van der Waals surface area (Å²) in [4.78, 5) is 8.26. The molecule has 0 radical (unpaired) electrons. The number of fused-ring (bicyclic) bond motifs is 1. The Morgan fingerprint density at radius 1 is 1.00 bits per heavy atom. The topological polar surface area (TPSA) is 62.2 Å². The van der Waals surface area contributed by atoms with Crippen molar-refractivity contribution in [2.24, 2.45) is 0 Å². The van der Waals surface area contributed by atoms with Crippen LogP contribution in [0.1, 0.15) is 0 Å². The number of benzene rings is 1. The quantitative estimate of drug-likeness (QED) is 0.616. The summed E-state index contributed by atoms with van der Waals surface area (Å²) in [5.74, 6) is 0. The van der Waals surface area contributed by atoms with Gasteiger partial charge in [-0.2, -0.15) is 0 Å². The molecule has 2 aromatic heterocycles. The van der Waals surface area contributed by atoms with Gasteiger partial charge in [0.2, 0.25) is 0 Å². The molecule has 3 aromatic rings. The van der Waals surface area contributed by atoms with Crippen LogP contribution < -0.4 is 0 Å². The predicted octanol–water partition coefficient (Wildman–Crippen LogP) is 1.60. The van der Waals surface area contributed by atoms with E-state index in [1.165, 1.54) is 0 Å². The summed E-state index contributed by atoms with van der Waals surface area (Å²) in [6.07, 6.45) is 5.40. The van der Waals surface area contributed by atoms with Gasteiger partial charge in [0, 0.05) is 23.5 Å². The molecule has 3 rings (SSSR count). The molecule has 0 spiro atoms. The number of nitrogens with zero attached hydrogens (tertiary/aromatic N) is 3. The predicted molar refractivity (Wildman–Crippen MR) is 62.5 cm³/mol. The monoisotopic (exact) mass is 213 g/mol. The minimum absolute atomic E-state index is 0. The first-order chi connectivity index (χ1) is 7.45. The van der Waals surface area contributed by atoms with Crippen LogP contribution in [0.25, 0.3) is 16.7 Å². The Morgan fingerprint density at radius 2 is 1.81 bits per heavy atom. The molecule has 0 aliphatic carbocycles. The SMILES string of the molecule is O.c1ccc(-n2ccc3cncnc32)cc1. The second kappa shape index (κ2) is 4.12. The van der Waals surface area contributed by atoms with Gasteiger partial charge in [-0.25, -0.2) is 9.97 Å². The number of hydrogen-bond acceptors (Lipinski definition) is 2. The van der Waals surface area contributed by atoms with Gasteiger partial charge >= 0.3 is 0 Å². The van der Waals surface area contributed by atoms with E-state index in [2.05, 4.69) is 26.7 Å². The first-order valence-electron chi connectivity index (χ1n) is 4.77. The first kappa shape index (κ1) is 10.3. The van der Waals surface area contributed by atoms with Crippen molar-refractivity contribution in [3.63, 3.8) is 0 Å². The zero-order valence-electron chi connectivity index (χ0n) is 8.54. The zero-order chi connectivity index (χ0) is 10.1. The van der Waals surface area contributed by atoms with Crippen LogP contribution in [-0.4, -0.2) is 20.0 Å². The Bertz CT molecular complexity index is 589. The minimum atomic E-state index is 0. The molecule has 0 unspecified atom stereocenters. The van der Waals surface area contributed by atoms with Crippen LogP contribution in [-0.2, 0) is 0 Å². The fraction of sp³-hybridized carbons (Fsp3) is 0. The van der Waals surface area contributed by atoms with Crippen molar-refractivity contribution >= 4 is 11.0 Å². The molecule has 0 aliphatic rings. The summed E-state index contributed by atoms with van der Waals surface area (Å²) in [5, 5.41) is 1.06. The number of hydrogen-bond donors (Lipinski definition) is 0. The fourth-order valence-corrected chi connectivity index (χ4v) is 1.68. The van der Waals surface area contributed by atoms with E-state index in [0.29, 0.717) is 0 Å². The van der Waals surface area contributed by atoms with E-state index in [1.54, 1.807) is 6.33 Å². The van der Waals surface area contributed by atoms with Crippen molar-refractivity contribution in [1.82, 2.24) is 14.5 Å². The molecule has 1 aromatic carbocycles. The zero-order valence-corrected chi connectivity index (χ0v) is 8.54. The first-order valence-corrected chi connectivity index (χ1v) is 4.77. The van der Waals surface area contributed by atoms with Crippen LogP contribution in [0.2, 0.25) is 0 Å². The van der Waals surface area contributed by atoms with E-state index in [9.17, 15) is 0 Å². The molecule has 16 heavy (non-hydrogen) atoms. The average molecular weight is 213 g/mol. The van der Waals surface area contributed by atoms with Crippen LogP contribution in [0.4, 0.5) is 0 Å². The third kappa shape index (κ3) is 1.55. The second-order valence-corrected chi connectivity index (χ2v) is 3.32. The van der Waals surface area contributed by atoms with Gasteiger partial charge in [-0.05, 0) is 18.2 Å². The number of rotatable bonds is 1. The van der Waals surface area contributed by atoms with Gasteiger partial charge in [0.25, 0.3) is 0 Å². The van der Waals surface area contributed by atoms with Crippen LogP contribution in [0, 0.1) is 0 Å². The van der Waals surface area contributed by atoms with E-state index in [0.717, 1.165) is 16.7 Å². The number of para-hydroxylation sites is 1. The highest BCUT2D eigenvalue weighted by molar-refractivity contribution is 5.76. The molecule has 2 heterocycles. The molecule has 4 heteroatoms. The molecule has 80 valence electrons. The Labute approximate surface area is 92.5 Å². The fourth-order valence-electron chi connectivity index (χ4n) is 1.68. The van der Waals surface area contributed by atoms with Crippen molar-refractivity contribution in [3.05, 3.63) is 55.1 Å².